The van der Waals surface area contributed by atoms with Crippen molar-refractivity contribution in [2.45, 2.75) is 37.0 Å². The number of anilines is 2. The fraction of sp³-hybridized carbons (Fsp3) is 0.115. The number of hydrogen-bond donors (Lipinski definition) is 0. The third kappa shape index (κ3) is 4.63. The van der Waals surface area contributed by atoms with Crippen molar-refractivity contribution in [1.82, 2.24) is 0 Å². The van der Waals surface area contributed by atoms with Gasteiger partial charge in [0, 0.05) is 22.5 Å². The summed E-state index contributed by atoms with van der Waals surface area (Å²) in [4.78, 5) is 2.41. The first kappa shape index (κ1) is 31.5. The summed E-state index contributed by atoms with van der Waals surface area (Å²) in [5.74, 6) is 0. The number of para-hydroxylation sites is 1. The molecule has 254 valence electrons. The molecule has 6 aromatic rings. The molecule has 0 heterocycles. The molecule has 0 amide bonds. The quantitative estimate of drug-likeness (QED) is 0.175. The van der Waals surface area contributed by atoms with Crippen molar-refractivity contribution in [3.05, 3.63) is 244 Å². The zero-order valence-corrected chi connectivity index (χ0v) is 30.0. The van der Waals surface area contributed by atoms with Gasteiger partial charge in [0.05, 0.1) is 5.41 Å². The summed E-state index contributed by atoms with van der Waals surface area (Å²) < 4.78 is 0. The maximum atomic E-state index is 2.47. The summed E-state index contributed by atoms with van der Waals surface area (Å²) in [6.45, 7) is 2.47. The van der Waals surface area contributed by atoms with Gasteiger partial charge >= 0.3 is 0 Å². The maximum absolute atomic E-state index is 2.47. The molecule has 53 heavy (non-hydrogen) atoms. The number of fused-ring (bicyclic) bond motifs is 8. The van der Waals surface area contributed by atoms with Crippen molar-refractivity contribution >= 4 is 16.9 Å². The number of hydrogen-bond acceptors (Lipinski definition) is 1. The number of rotatable bonds is 5. The predicted molar refractivity (Wildman–Crippen MR) is 221 cm³/mol. The molecule has 0 saturated heterocycles. The van der Waals surface area contributed by atoms with Gasteiger partial charge in [0.2, 0.25) is 0 Å². The molecule has 0 atom stereocenters. The Balaban J connectivity index is 1.16. The van der Waals surface area contributed by atoms with E-state index < -0.39 is 5.41 Å². The molecular formula is C52H41N. The van der Waals surface area contributed by atoms with Crippen molar-refractivity contribution in [2.75, 3.05) is 4.90 Å². The fourth-order valence-electron chi connectivity index (χ4n) is 9.92. The molecule has 0 saturated carbocycles. The van der Waals surface area contributed by atoms with E-state index in [0.29, 0.717) is 0 Å². The Kier molecular flexibility index (Phi) is 7.44. The molecular weight excluding hydrogens is 639 g/mol. The first-order valence-corrected chi connectivity index (χ1v) is 19.0. The van der Waals surface area contributed by atoms with Crippen molar-refractivity contribution in [2.24, 2.45) is 0 Å². The van der Waals surface area contributed by atoms with Gasteiger partial charge in [-0.05, 0) is 118 Å². The minimum absolute atomic E-state index is 0.377. The Morgan fingerprint density at radius 3 is 1.75 bits per heavy atom. The highest BCUT2D eigenvalue weighted by molar-refractivity contribution is 5.93. The second-order valence-corrected chi connectivity index (χ2v) is 14.8. The lowest BCUT2D eigenvalue weighted by atomic mass is 9.52. The minimum atomic E-state index is -0.405. The maximum Gasteiger partial charge on any atom is 0.0685 e. The van der Waals surface area contributed by atoms with E-state index in [0.717, 1.165) is 19.3 Å². The minimum Gasteiger partial charge on any atom is -0.314 e. The normalized spacial score (nSPS) is 20.7. The van der Waals surface area contributed by atoms with E-state index in [9.17, 15) is 0 Å². The number of benzene rings is 6. The van der Waals surface area contributed by atoms with E-state index in [4.69, 9.17) is 0 Å². The lowest BCUT2D eigenvalue weighted by molar-refractivity contribution is 0.584. The molecule has 0 N–H and O–H groups in total. The molecule has 0 aliphatic heterocycles. The molecule has 4 aliphatic rings. The van der Waals surface area contributed by atoms with Crippen LogP contribution in [0.5, 0.6) is 0 Å². The van der Waals surface area contributed by atoms with E-state index >= 15 is 0 Å². The van der Waals surface area contributed by atoms with Crippen LogP contribution in [0.4, 0.5) is 11.4 Å². The molecule has 0 fully saturated rings. The van der Waals surface area contributed by atoms with Gasteiger partial charge in [0.1, 0.15) is 0 Å². The highest BCUT2D eigenvalue weighted by Gasteiger charge is 2.55. The smallest absolute Gasteiger partial charge is 0.0685 e. The Morgan fingerprint density at radius 1 is 0.491 bits per heavy atom. The predicted octanol–water partition coefficient (Wildman–Crippen LogP) is 13.0. The Bertz CT molecular complexity index is 2490. The van der Waals surface area contributed by atoms with Crippen LogP contribution in [0, 0.1) is 0 Å². The standard InChI is InChI=1S/C52H41N/c1-51(44-26-13-11-23-41(44)37-33-35-40(36-34-37)53(38-19-5-2-6-20-38)39-21-7-3-8-22-39)47-29-15-17-31-49(47)52(50-32-18-16-30-48(50)51)45-27-10-4-9-24-42(45)43-25-12-14-28-46(43)52/h2-7,9-21,23-26,28-36H,8,22,27H2,1H3. The summed E-state index contributed by atoms with van der Waals surface area (Å²) in [5, 5.41) is 0. The molecule has 10 rings (SSSR count). The summed E-state index contributed by atoms with van der Waals surface area (Å²) in [6, 6.07) is 56.9. The average Bonchev–Trinajstić information content (AvgIpc) is 3.32. The zero-order chi connectivity index (χ0) is 35.4. The second kappa shape index (κ2) is 12.5. The molecule has 0 bridgehead atoms. The lowest BCUT2D eigenvalue weighted by Gasteiger charge is -2.49. The van der Waals surface area contributed by atoms with Crippen LogP contribution in [-0.4, -0.2) is 0 Å². The topological polar surface area (TPSA) is 3.24 Å². The average molecular weight is 680 g/mol. The van der Waals surface area contributed by atoms with E-state index in [1.165, 1.54) is 78.3 Å². The van der Waals surface area contributed by atoms with E-state index in [2.05, 4.69) is 206 Å². The summed E-state index contributed by atoms with van der Waals surface area (Å²) in [5.41, 5.74) is 17.8. The van der Waals surface area contributed by atoms with E-state index in [1.807, 2.05) is 0 Å². The first-order chi connectivity index (χ1) is 26.2. The number of allylic oxidation sites excluding steroid dienone is 10. The molecule has 1 heteroatoms. The molecule has 6 aromatic carbocycles. The van der Waals surface area contributed by atoms with Gasteiger partial charge in [-0.25, -0.2) is 0 Å². The van der Waals surface area contributed by atoms with Crippen LogP contribution in [0.2, 0.25) is 0 Å². The van der Waals surface area contributed by atoms with Crippen molar-refractivity contribution in [1.29, 1.82) is 0 Å². The summed E-state index contributed by atoms with van der Waals surface area (Å²) in [6.07, 6.45) is 18.8. The second-order valence-electron chi connectivity index (χ2n) is 14.8. The van der Waals surface area contributed by atoms with Gasteiger partial charge in [-0.2, -0.15) is 0 Å². The van der Waals surface area contributed by atoms with Crippen molar-refractivity contribution in [3.63, 3.8) is 0 Å². The van der Waals surface area contributed by atoms with Gasteiger partial charge < -0.3 is 4.90 Å². The van der Waals surface area contributed by atoms with Gasteiger partial charge in [-0.1, -0.05) is 164 Å². The molecule has 0 unspecified atom stereocenters. The largest absolute Gasteiger partial charge is 0.314 e. The Labute approximate surface area is 313 Å². The van der Waals surface area contributed by atoms with Crippen LogP contribution < -0.4 is 4.90 Å². The van der Waals surface area contributed by atoms with Crippen molar-refractivity contribution in [3.8, 4) is 11.1 Å². The van der Waals surface area contributed by atoms with Crippen molar-refractivity contribution < 1.29 is 0 Å². The Morgan fingerprint density at radius 2 is 1.08 bits per heavy atom. The van der Waals surface area contributed by atoms with Crippen LogP contribution in [0.15, 0.2) is 205 Å². The SMILES string of the molecule is CC1(c2ccccc2-c2ccc(N(C3=CC=CCC3)c3ccccc3)cc2)c2ccccc2C2(C3=C(C=CC=CC3)c3ccccc32)c2ccccc21. The molecule has 1 nitrogen and oxygen atoms in total. The zero-order valence-electron chi connectivity index (χ0n) is 30.0. The fourth-order valence-corrected chi connectivity index (χ4v) is 9.92. The molecule has 0 aromatic heterocycles. The van der Waals surface area contributed by atoms with Gasteiger partial charge in [0.15, 0.2) is 0 Å². The molecule has 0 radical (unpaired) electrons. The van der Waals surface area contributed by atoms with Crippen LogP contribution >= 0.6 is 0 Å². The highest BCUT2D eigenvalue weighted by Crippen LogP contribution is 2.63. The van der Waals surface area contributed by atoms with Gasteiger partial charge in [0.25, 0.3) is 0 Å². The van der Waals surface area contributed by atoms with Gasteiger partial charge in [-0.3, -0.25) is 0 Å². The Hall–Kier alpha value is -6.18. The third-order valence-electron chi connectivity index (χ3n) is 12.2. The van der Waals surface area contributed by atoms with Crippen LogP contribution in [-0.2, 0) is 10.8 Å². The lowest BCUT2D eigenvalue weighted by Crippen LogP contribution is -2.43. The van der Waals surface area contributed by atoms with Crippen LogP contribution in [0.25, 0.3) is 16.7 Å². The highest BCUT2D eigenvalue weighted by atomic mass is 15.1. The number of nitrogens with zero attached hydrogens (tertiary/aromatic N) is 1. The molecule has 4 aliphatic carbocycles. The summed E-state index contributed by atoms with van der Waals surface area (Å²) >= 11 is 0. The van der Waals surface area contributed by atoms with E-state index in [1.54, 1.807) is 0 Å². The third-order valence-corrected chi connectivity index (χ3v) is 12.2. The monoisotopic (exact) mass is 679 g/mol. The van der Waals surface area contributed by atoms with Gasteiger partial charge in [-0.15, -0.1) is 0 Å². The first-order valence-electron chi connectivity index (χ1n) is 19.0. The molecule has 1 spiro atoms. The van der Waals surface area contributed by atoms with Crippen LogP contribution in [0.1, 0.15) is 65.1 Å². The van der Waals surface area contributed by atoms with Crippen LogP contribution in [0.3, 0.4) is 0 Å². The van der Waals surface area contributed by atoms with E-state index in [-0.39, 0.29) is 5.41 Å². The summed E-state index contributed by atoms with van der Waals surface area (Å²) in [7, 11) is 0.